The number of guanidine groups is 1. The van der Waals surface area contributed by atoms with E-state index in [0.29, 0.717) is 44.2 Å². The molecule has 16 nitrogen and oxygen atoms in total. The third-order valence-corrected chi connectivity index (χ3v) is 11.3. The van der Waals surface area contributed by atoms with Gasteiger partial charge < -0.3 is 48.1 Å². The number of nitrogens with one attached hydrogen (secondary N) is 3. The average molecular weight is 788 g/mol. The number of likely N-dealkylation sites (tertiary alicyclic amines) is 1. The van der Waals surface area contributed by atoms with Crippen LogP contribution in [-0.4, -0.2) is 99.6 Å². The van der Waals surface area contributed by atoms with Crippen LogP contribution < -0.4 is 33.2 Å². The van der Waals surface area contributed by atoms with E-state index in [2.05, 4.69) is 20.9 Å². The van der Waals surface area contributed by atoms with Gasteiger partial charge in [0.25, 0.3) is 0 Å². The summed E-state index contributed by atoms with van der Waals surface area (Å²) in [6.07, 6.45) is 7.37. The molecule has 0 aromatic heterocycles. The maximum Gasteiger partial charge on any atom is 0.245 e. The Kier molecular flexibility index (Phi) is 14.9. The van der Waals surface area contributed by atoms with E-state index in [4.69, 9.17) is 17.2 Å². The Hall–Kier alpha value is -5.67. The number of nitrogens with zero attached hydrogens (tertiary/aromatic N) is 3. The predicted octanol–water partition coefficient (Wildman–Crippen LogP) is 0.863. The number of benzene rings is 2. The number of fused-ring (bicyclic) bond motifs is 1. The van der Waals surface area contributed by atoms with Crippen molar-refractivity contribution in [1.82, 2.24) is 25.8 Å². The van der Waals surface area contributed by atoms with E-state index in [1.54, 1.807) is 12.1 Å². The van der Waals surface area contributed by atoms with Crippen LogP contribution in [-0.2, 0) is 48.2 Å². The van der Waals surface area contributed by atoms with Gasteiger partial charge in [-0.1, -0.05) is 68.5 Å². The Balaban J connectivity index is 1.30. The molecule has 0 radical (unpaired) electrons. The van der Waals surface area contributed by atoms with Crippen molar-refractivity contribution in [2.24, 2.45) is 28.1 Å². The van der Waals surface area contributed by atoms with Crippen molar-refractivity contribution >= 4 is 41.4 Å². The topological polar surface area (TPSA) is 256 Å². The highest BCUT2D eigenvalue weighted by atomic mass is 16.3. The highest BCUT2D eigenvalue weighted by Gasteiger charge is 2.43. The summed E-state index contributed by atoms with van der Waals surface area (Å²) >= 11 is 0. The van der Waals surface area contributed by atoms with Gasteiger partial charge in [-0.15, -0.1) is 0 Å². The molecule has 2 heterocycles. The lowest BCUT2D eigenvalue weighted by molar-refractivity contribution is -0.151. The summed E-state index contributed by atoms with van der Waals surface area (Å²) in [6.45, 7) is 2.35. The number of nitrogens with two attached hydrogens (primary N) is 3. The van der Waals surface area contributed by atoms with Gasteiger partial charge in [0.2, 0.25) is 35.4 Å². The first kappa shape index (κ1) is 42.5. The van der Waals surface area contributed by atoms with Gasteiger partial charge in [-0.3, -0.25) is 33.8 Å². The minimum absolute atomic E-state index is 0.0199. The number of amides is 6. The van der Waals surface area contributed by atoms with Crippen LogP contribution in [0, 0.1) is 5.92 Å². The summed E-state index contributed by atoms with van der Waals surface area (Å²) in [5, 5.41) is 18.3. The van der Waals surface area contributed by atoms with E-state index >= 15 is 0 Å². The van der Waals surface area contributed by atoms with Crippen LogP contribution in [0.1, 0.15) is 87.8 Å². The van der Waals surface area contributed by atoms with Crippen molar-refractivity contribution in [3.8, 4) is 5.75 Å². The zero-order chi connectivity index (χ0) is 41.1. The SMILES string of the molecule is CC(=O)N1Cc2ccccc2C[C@H]1C(=O)N[C@H](CC1CCCCC1)C(=O)N1CC[C@H]1C(=O)N[C@H](Cc1ccc(O)cc1)C(=O)N[C@@H](CCCCN=C(N)N)C(N)=O. The molecule has 3 aliphatic rings. The van der Waals surface area contributed by atoms with Crippen LogP contribution >= 0.6 is 0 Å². The van der Waals surface area contributed by atoms with E-state index in [0.717, 1.165) is 43.2 Å². The lowest BCUT2D eigenvalue weighted by Crippen LogP contribution is -2.65. The van der Waals surface area contributed by atoms with Crippen LogP contribution in [0.4, 0.5) is 0 Å². The molecule has 1 aliphatic carbocycles. The fraction of sp³-hybridized carbons (Fsp3) is 0.537. The number of aromatic hydroxyl groups is 1. The molecule has 0 spiro atoms. The third-order valence-electron chi connectivity index (χ3n) is 11.3. The summed E-state index contributed by atoms with van der Waals surface area (Å²) in [6, 6.07) is 9.04. The minimum Gasteiger partial charge on any atom is -0.508 e. The number of rotatable bonds is 17. The van der Waals surface area contributed by atoms with Gasteiger partial charge in [0.05, 0.1) is 0 Å². The molecule has 5 atom stereocenters. The Morgan fingerprint density at radius 1 is 0.789 bits per heavy atom. The summed E-state index contributed by atoms with van der Waals surface area (Å²) in [4.78, 5) is 88.1. The third kappa shape index (κ3) is 11.7. The quantitative estimate of drug-likeness (QED) is 0.0681. The number of unbranched alkanes of at least 4 members (excludes halogenated alkanes) is 1. The Bertz CT molecular complexity index is 1790. The van der Waals surface area contributed by atoms with Crippen LogP contribution in [0.15, 0.2) is 53.5 Å². The number of carbonyl (C=O) groups excluding carboxylic acids is 6. The summed E-state index contributed by atoms with van der Waals surface area (Å²) < 4.78 is 0. The molecule has 1 saturated heterocycles. The number of aliphatic imine (C=N–C) groups is 1. The van der Waals surface area contributed by atoms with Gasteiger partial charge >= 0.3 is 0 Å². The highest BCUT2D eigenvalue weighted by molar-refractivity contribution is 5.97. The molecule has 2 fully saturated rings. The average Bonchev–Trinajstić information content (AvgIpc) is 3.16. The molecule has 308 valence electrons. The van der Waals surface area contributed by atoms with Gasteiger partial charge in [-0.2, -0.15) is 0 Å². The number of hydrogen-bond acceptors (Lipinski definition) is 8. The van der Waals surface area contributed by atoms with Crippen molar-refractivity contribution in [2.45, 2.75) is 121 Å². The van der Waals surface area contributed by atoms with Crippen molar-refractivity contribution in [3.63, 3.8) is 0 Å². The molecule has 1 saturated carbocycles. The van der Waals surface area contributed by atoms with Gasteiger partial charge in [0.15, 0.2) is 5.96 Å². The largest absolute Gasteiger partial charge is 0.508 e. The molecule has 16 heteroatoms. The second-order valence-electron chi connectivity index (χ2n) is 15.5. The maximum absolute atomic E-state index is 14.4. The van der Waals surface area contributed by atoms with E-state index < -0.39 is 53.8 Å². The number of primary amides is 1. The van der Waals surface area contributed by atoms with Crippen molar-refractivity contribution in [3.05, 3.63) is 65.2 Å². The Morgan fingerprint density at radius 3 is 2.09 bits per heavy atom. The second-order valence-corrected chi connectivity index (χ2v) is 15.5. The van der Waals surface area contributed by atoms with Crippen LogP contribution in [0.25, 0.3) is 0 Å². The van der Waals surface area contributed by atoms with Crippen molar-refractivity contribution < 1.29 is 33.9 Å². The summed E-state index contributed by atoms with van der Waals surface area (Å²) in [5.74, 6) is -2.81. The molecular formula is C41H57N9O7. The zero-order valence-corrected chi connectivity index (χ0v) is 32.7. The number of carbonyl (C=O) groups is 6. The first-order valence-electron chi connectivity index (χ1n) is 20.0. The fourth-order valence-corrected chi connectivity index (χ4v) is 8.03. The van der Waals surface area contributed by atoms with Gasteiger partial charge in [-0.25, -0.2) is 0 Å². The Labute approximate surface area is 333 Å². The molecule has 57 heavy (non-hydrogen) atoms. The summed E-state index contributed by atoms with van der Waals surface area (Å²) in [5.41, 5.74) is 19.0. The van der Waals surface area contributed by atoms with E-state index in [1.807, 2.05) is 24.3 Å². The lowest BCUT2D eigenvalue weighted by atomic mass is 9.84. The van der Waals surface area contributed by atoms with E-state index in [-0.39, 0.29) is 55.4 Å². The molecule has 2 aliphatic heterocycles. The predicted molar refractivity (Wildman–Crippen MR) is 213 cm³/mol. The number of hydrogen-bond donors (Lipinski definition) is 7. The van der Waals surface area contributed by atoms with Crippen LogP contribution in [0.3, 0.4) is 0 Å². The molecule has 6 amide bonds. The van der Waals surface area contributed by atoms with Gasteiger partial charge in [0.1, 0.15) is 36.0 Å². The van der Waals surface area contributed by atoms with Gasteiger partial charge in [-0.05, 0) is 66.8 Å². The molecule has 10 N–H and O–H groups in total. The van der Waals surface area contributed by atoms with Crippen molar-refractivity contribution in [2.75, 3.05) is 13.1 Å². The molecule has 0 unspecified atom stereocenters. The number of phenolic OH excluding ortho intramolecular Hbond substituents is 1. The number of phenols is 1. The maximum atomic E-state index is 14.4. The van der Waals surface area contributed by atoms with Gasteiger partial charge in [0, 0.05) is 39.4 Å². The second kappa shape index (κ2) is 20.0. The first-order chi connectivity index (χ1) is 27.3. The molecule has 0 bridgehead atoms. The smallest absolute Gasteiger partial charge is 0.245 e. The van der Waals surface area contributed by atoms with Crippen LogP contribution in [0.5, 0.6) is 5.75 Å². The Morgan fingerprint density at radius 2 is 1.46 bits per heavy atom. The molecular weight excluding hydrogens is 731 g/mol. The van der Waals surface area contributed by atoms with Crippen molar-refractivity contribution in [1.29, 1.82) is 0 Å². The van der Waals surface area contributed by atoms with Crippen LogP contribution in [0.2, 0.25) is 0 Å². The fourth-order valence-electron chi connectivity index (χ4n) is 8.03. The molecule has 5 rings (SSSR count). The summed E-state index contributed by atoms with van der Waals surface area (Å²) in [7, 11) is 0. The first-order valence-corrected chi connectivity index (χ1v) is 20.0. The lowest BCUT2D eigenvalue weighted by Gasteiger charge is -2.43. The minimum atomic E-state index is -1.16. The highest BCUT2D eigenvalue weighted by Crippen LogP contribution is 2.30. The van der Waals surface area contributed by atoms with E-state index in [9.17, 15) is 33.9 Å². The molecule has 2 aromatic rings. The zero-order valence-electron chi connectivity index (χ0n) is 32.7. The normalized spacial score (nSPS) is 19.5. The standard InChI is InChI=1S/C41H57N9O7/c1-25(51)50-24-29-12-6-5-11-28(29)23-35(50)39(56)48-33(22-26-9-3-2-4-10-26)40(57)49-20-18-34(49)38(55)47-32(21-27-14-16-30(52)17-15-27)37(54)46-31(36(42)53)13-7-8-19-45-41(43)44/h5-6,11-12,14-17,26,31-35,52H,2-4,7-10,13,18-24H2,1H3,(H2,42,53)(H,46,54)(H,47,55)(H,48,56)(H4,43,44,45)/t31-,32+,33+,34-,35-/m0/s1. The van der Waals surface area contributed by atoms with E-state index in [1.165, 1.54) is 28.9 Å². The monoisotopic (exact) mass is 787 g/mol. The molecule has 2 aromatic carbocycles.